The number of esters is 2. The molecule has 0 rings (SSSR count). The van der Waals surface area contributed by atoms with Crippen LogP contribution in [0, 0.1) is 0 Å². The Morgan fingerprint density at radius 1 is 0.361 bits per heavy atom. The zero-order valence-corrected chi connectivity index (χ0v) is 55.4. The number of unbranched alkanes of at least 4 members (excludes halogenated alkanes) is 41. The summed E-state index contributed by atoms with van der Waals surface area (Å²) >= 11 is 0. The number of carbonyl (C=O) groups excluding carboxylic acids is 2. The van der Waals surface area contributed by atoms with Crippen molar-refractivity contribution in [1.82, 2.24) is 0 Å². The molecule has 2 atom stereocenters. The van der Waals surface area contributed by atoms with Crippen molar-refractivity contribution in [2.24, 2.45) is 0 Å². The summed E-state index contributed by atoms with van der Waals surface area (Å²) in [5.41, 5.74) is 0. The van der Waals surface area contributed by atoms with E-state index in [-0.39, 0.29) is 32.2 Å². The first-order valence-electron chi connectivity index (χ1n) is 35.5. The summed E-state index contributed by atoms with van der Waals surface area (Å²) in [4.78, 5) is 37.6. The molecule has 0 radical (unpaired) electrons. The molecule has 0 aliphatic carbocycles. The van der Waals surface area contributed by atoms with Gasteiger partial charge >= 0.3 is 17.9 Å². The van der Waals surface area contributed by atoms with E-state index in [2.05, 4.69) is 74.6 Å². The zero-order valence-electron chi connectivity index (χ0n) is 55.4. The number of quaternary nitrogens is 1. The molecule has 0 heterocycles. The monoisotopic (exact) mass is 1170 g/mol. The van der Waals surface area contributed by atoms with Crippen LogP contribution in [0.3, 0.4) is 0 Å². The highest BCUT2D eigenvalue weighted by molar-refractivity contribution is 5.71. The first-order chi connectivity index (χ1) is 40.6. The maximum Gasteiger partial charge on any atom is 0.361 e. The lowest BCUT2D eigenvalue weighted by atomic mass is 10.0. The molecule has 0 saturated heterocycles. The normalized spacial score (nSPS) is 13.0. The topological polar surface area (TPSA) is 108 Å². The number of nitrogens with zero attached hydrogens (tertiary/aromatic N) is 1. The lowest BCUT2D eigenvalue weighted by molar-refractivity contribution is -0.870. The molecular weight excluding hydrogens is 1030 g/mol. The highest BCUT2D eigenvalue weighted by Crippen LogP contribution is 2.18. The lowest BCUT2D eigenvalue weighted by Gasteiger charge is -2.25. The molecular formula is C74H136NO8+. The molecule has 9 heteroatoms. The highest BCUT2D eigenvalue weighted by Gasteiger charge is 2.25. The fraction of sp³-hybridized carbons (Fsp3) is 0.824. The van der Waals surface area contributed by atoms with E-state index < -0.39 is 24.3 Å². The van der Waals surface area contributed by atoms with Crippen molar-refractivity contribution in [1.29, 1.82) is 0 Å². The van der Waals surface area contributed by atoms with Crippen molar-refractivity contribution in [2.45, 2.75) is 347 Å². The van der Waals surface area contributed by atoms with Gasteiger partial charge in [-0.1, -0.05) is 299 Å². The first kappa shape index (κ1) is 80.0. The van der Waals surface area contributed by atoms with Crippen molar-refractivity contribution in [3.8, 4) is 0 Å². The van der Waals surface area contributed by atoms with Crippen molar-refractivity contribution >= 4 is 17.9 Å². The van der Waals surface area contributed by atoms with E-state index in [0.29, 0.717) is 17.4 Å². The van der Waals surface area contributed by atoms with E-state index in [1.165, 1.54) is 244 Å². The average molecular weight is 1170 g/mol. The molecule has 0 aliphatic heterocycles. The molecule has 0 aromatic heterocycles. The number of ether oxygens (including phenoxy) is 4. The van der Waals surface area contributed by atoms with Gasteiger partial charge in [-0.25, -0.2) is 4.79 Å². The smallest absolute Gasteiger partial charge is 0.361 e. The van der Waals surface area contributed by atoms with Crippen LogP contribution >= 0.6 is 0 Å². The van der Waals surface area contributed by atoms with Crippen molar-refractivity contribution in [3.05, 3.63) is 60.8 Å². The third-order valence-electron chi connectivity index (χ3n) is 15.7. The third kappa shape index (κ3) is 66.4. The Labute approximate surface area is 514 Å². The zero-order chi connectivity index (χ0) is 60.5. The Morgan fingerprint density at radius 3 is 0.964 bits per heavy atom. The third-order valence-corrected chi connectivity index (χ3v) is 15.7. The van der Waals surface area contributed by atoms with Gasteiger partial charge in [0, 0.05) is 12.8 Å². The second-order valence-corrected chi connectivity index (χ2v) is 25.2. The number of aliphatic carboxylic acids is 1. The molecule has 0 amide bonds. The van der Waals surface area contributed by atoms with E-state index in [1.807, 2.05) is 21.1 Å². The maximum atomic E-state index is 12.9. The van der Waals surface area contributed by atoms with Gasteiger partial charge in [-0.2, -0.15) is 0 Å². The van der Waals surface area contributed by atoms with Crippen LogP contribution < -0.4 is 0 Å². The van der Waals surface area contributed by atoms with E-state index in [0.717, 1.165) is 64.2 Å². The summed E-state index contributed by atoms with van der Waals surface area (Å²) in [6, 6.07) is 0. The van der Waals surface area contributed by atoms with Crippen LogP contribution in [-0.2, 0) is 33.3 Å². The van der Waals surface area contributed by atoms with Gasteiger partial charge in [0.2, 0.25) is 0 Å². The number of allylic oxidation sites excluding steroid dienone is 10. The van der Waals surface area contributed by atoms with Gasteiger partial charge in [-0.3, -0.25) is 9.59 Å². The summed E-state index contributed by atoms with van der Waals surface area (Å²) in [7, 11) is 5.98. The number of likely N-dealkylation sites (N-methyl/N-ethyl adjacent to an activating group) is 1. The number of rotatable bonds is 66. The van der Waals surface area contributed by atoms with Crippen molar-refractivity contribution in [2.75, 3.05) is 47.5 Å². The first-order valence-corrected chi connectivity index (χ1v) is 35.5. The predicted octanol–water partition coefficient (Wildman–Crippen LogP) is 21.9. The quantitative estimate of drug-likeness (QED) is 0.0211. The van der Waals surface area contributed by atoms with Crippen LogP contribution in [-0.4, -0.2) is 87.4 Å². The predicted molar refractivity (Wildman–Crippen MR) is 355 cm³/mol. The van der Waals surface area contributed by atoms with Gasteiger partial charge in [-0.15, -0.1) is 0 Å². The number of carbonyl (C=O) groups is 3. The van der Waals surface area contributed by atoms with Crippen molar-refractivity contribution in [3.63, 3.8) is 0 Å². The van der Waals surface area contributed by atoms with Crippen molar-refractivity contribution < 1.29 is 42.9 Å². The van der Waals surface area contributed by atoms with Gasteiger partial charge in [0.25, 0.3) is 6.29 Å². The molecule has 0 bridgehead atoms. The van der Waals surface area contributed by atoms with Crippen LogP contribution in [0.1, 0.15) is 335 Å². The second kappa shape index (κ2) is 65.0. The Kier molecular flexibility index (Phi) is 62.6. The lowest BCUT2D eigenvalue weighted by Crippen LogP contribution is -2.40. The number of carboxylic acids is 1. The molecule has 484 valence electrons. The van der Waals surface area contributed by atoms with Gasteiger partial charge < -0.3 is 28.5 Å². The fourth-order valence-electron chi connectivity index (χ4n) is 10.3. The Balaban J connectivity index is 4.07. The van der Waals surface area contributed by atoms with Crippen LogP contribution in [0.2, 0.25) is 0 Å². The minimum atomic E-state index is -1.51. The summed E-state index contributed by atoms with van der Waals surface area (Å²) in [6.07, 6.45) is 81.9. The molecule has 2 unspecified atom stereocenters. The molecule has 0 fully saturated rings. The van der Waals surface area contributed by atoms with Crippen LogP contribution in [0.5, 0.6) is 0 Å². The molecule has 9 nitrogen and oxygen atoms in total. The summed E-state index contributed by atoms with van der Waals surface area (Å²) in [5, 5.41) is 9.74. The molecule has 0 spiro atoms. The average Bonchev–Trinajstić information content (AvgIpc) is 3.46. The number of hydrogen-bond donors (Lipinski definition) is 1. The minimum absolute atomic E-state index is 0.182. The highest BCUT2D eigenvalue weighted by atomic mass is 16.7. The van der Waals surface area contributed by atoms with Gasteiger partial charge in [0.05, 0.1) is 34.4 Å². The molecule has 0 aromatic rings. The Morgan fingerprint density at radius 2 is 0.651 bits per heavy atom. The van der Waals surface area contributed by atoms with Gasteiger partial charge in [-0.05, 0) is 83.5 Å². The Hall–Kier alpha value is -3.01. The maximum absolute atomic E-state index is 12.9. The van der Waals surface area contributed by atoms with Crippen LogP contribution in [0.4, 0.5) is 0 Å². The number of carboxylic acid groups (broad SMARTS) is 1. The summed E-state index contributed by atoms with van der Waals surface area (Å²) < 4.78 is 23.0. The largest absolute Gasteiger partial charge is 0.477 e. The molecule has 83 heavy (non-hydrogen) atoms. The molecule has 0 aliphatic rings. The summed E-state index contributed by atoms with van der Waals surface area (Å²) in [6.45, 7) is 4.90. The number of hydrogen-bond acceptors (Lipinski definition) is 7. The standard InChI is InChI=1S/C74H135NO8/c1-6-8-10-12-14-16-18-20-22-24-26-28-30-32-33-34-35-36-37-38-39-41-42-44-46-48-50-52-54-56-58-60-62-64-71(76)81-68-70(69-82-74(73(78)79)80-67-66-75(3,4)5)83-72(77)65-63-61-59-57-55-53-51-49-47-45-43-40-31-29-27-25-23-21-19-17-15-13-11-9-7-2/h18-21,24-27,31,40,70,74H,6-17,22-23,28-30,32-39,41-69H2,1-5H3/p+1/b20-18-,21-19-,26-24-,27-25-,40-31-. The van der Waals surface area contributed by atoms with Crippen LogP contribution in [0.15, 0.2) is 60.8 Å². The van der Waals surface area contributed by atoms with Crippen LogP contribution in [0.25, 0.3) is 0 Å². The minimum Gasteiger partial charge on any atom is -0.477 e. The fourth-order valence-corrected chi connectivity index (χ4v) is 10.3. The van der Waals surface area contributed by atoms with E-state index >= 15 is 0 Å². The molecule has 0 saturated carbocycles. The van der Waals surface area contributed by atoms with Gasteiger partial charge in [0.1, 0.15) is 13.2 Å². The SMILES string of the molecule is CCCCCCC/C=C\C/C=C\C/C=C\CCCCCCCCCCCCC(=O)OC(COC(=O)CCCCCCCCCCCCCCCCCCCCCCC/C=C\C/C=C\CCCCCCC)COC(OCC[N+](C)(C)C)C(=O)O. The second-order valence-electron chi connectivity index (χ2n) is 25.2. The van der Waals surface area contributed by atoms with E-state index in [1.54, 1.807) is 0 Å². The summed E-state index contributed by atoms with van der Waals surface area (Å²) in [5.74, 6) is -1.99. The molecule has 1 N–H and O–H groups in total. The van der Waals surface area contributed by atoms with E-state index in [4.69, 9.17) is 18.9 Å². The molecule has 0 aromatic carbocycles. The van der Waals surface area contributed by atoms with E-state index in [9.17, 15) is 19.5 Å². The Bertz CT molecular complexity index is 1550. The van der Waals surface area contributed by atoms with Gasteiger partial charge in [0.15, 0.2) is 6.10 Å².